The lowest BCUT2D eigenvalue weighted by Gasteiger charge is -2.29. The highest BCUT2D eigenvalue weighted by atomic mass is 35.5. The molecular weight excluding hydrogens is 492 g/mol. The van der Waals surface area contributed by atoms with Crippen molar-refractivity contribution < 1.29 is 18.7 Å². The summed E-state index contributed by atoms with van der Waals surface area (Å²) >= 11 is 6.13. The zero-order valence-corrected chi connectivity index (χ0v) is 20.3. The molecule has 2 aliphatic carbocycles. The fourth-order valence-electron chi connectivity index (χ4n) is 5.26. The first-order chi connectivity index (χ1) is 17.3. The van der Waals surface area contributed by atoms with E-state index in [2.05, 4.69) is 20.6 Å². The highest BCUT2D eigenvalue weighted by Crippen LogP contribution is 2.38. The number of nitrogens with zero attached hydrogens (tertiary/aromatic N) is 4. The quantitative estimate of drug-likeness (QED) is 0.379. The van der Waals surface area contributed by atoms with Gasteiger partial charge in [0, 0.05) is 24.1 Å². The van der Waals surface area contributed by atoms with Gasteiger partial charge in [0.15, 0.2) is 11.5 Å². The smallest absolute Gasteiger partial charge is 0.224 e. The number of rotatable bonds is 6. The Morgan fingerprint density at radius 2 is 1.92 bits per heavy atom. The number of aliphatic hydroxyl groups is 1. The normalized spacial score (nSPS) is 24.6. The van der Waals surface area contributed by atoms with Crippen LogP contribution in [0, 0.1) is 17.6 Å². The molecule has 3 aromatic rings. The van der Waals surface area contributed by atoms with Crippen molar-refractivity contribution >= 4 is 46.3 Å². The number of nitrogens with one attached hydrogen (secondary N) is 2. The molecule has 0 aliphatic heterocycles. The molecule has 5 rings (SSSR count). The van der Waals surface area contributed by atoms with Crippen molar-refractivity contribution in [1.82, 2.24) is 19.5 Å². The first-order valence-corrected chi connectivity index (χ1v) is 12.6. The second-order valence-electron chi connectivity index (χ2n) is 9.65. The van der Waals surface area contributed by atoms with Crippen LogP contribution in [0.2, 0.25) is 5.02 Å². The summed E-state index contributed by atoms with van der Waals surface area (Å²) in [7, 11) is 0. The molecule has 2 saturated carbocycles. The summed E-state index contributed by atoms with van der Waals surface area (Å²) in [5, 5.41) is 16.1. The maximum Gasteiger partial charge on any atom is 0.224 e. The van der Waals surface area contributed by atoms with Crippen LogP contribution < -0.4 is 16.4 Å². The first-order valence-electron chi connectivity index (χ1n) is 12.2. The largest absolute Gasteiger partial charge is 0.393 e. The molecule has 0 bridgehead atoms. The van der Waals surface area contributed by atoms with E-state index in [1.807, 2.05) is 4.57 Å². The summed E-state index contributed by atoms with van der Waals surface area (Å²) in [5.74, 6) is -1.44. The van der Waals surface area contributed by atoms with Gasteiger partial charge in [-0.05, 0) is 57.4 Å². The summed E-state index contributed by atoms with van der Waals surface area (Å²) in [4.78, 5) is 25.4. The number of carbonyl (C=O) groups excluding carboxylic acids is 1. The highest BCUT2D eigenvalue weighted by molar-refractivity contribution is 6.33. The van der Waals surface area contributed by atoms with Crippen LogP contribution in [-0.2, 0) is 4.79 Å². The number of fused-ring (bicyclic) bond motifs is 1. The van der Waals surface area contributed by atoms with Crippen molar-refractivity contribution in [3.63, 3.8) is 0 Å². The fraction of sp³-hybridized carbons (Fsp3) is 0.500. The van der Waals surface area contributed by atoms with E-state index in [4.69, 9.17) is 22.3 Å². The molecule has 1 aromatic carbocycles. The summed E-state index contributed by atoms with van der Waals surface area (Å²) in [6.07, 6.45) is 6.99. The molecule has 0 spiro atoms. The van der Waals surface area contributed by atoms with Gasteiger partial charge in [-0.1, -0.05) is 11.6 Å². The second kappa shape index (κ2) is 10.1. The third-order valence-corrected chi connectivity index (χ3v) is 7.42. The minimum absolute atomic E-state index is 0.0540. The number of primary amides is 1. The number of aliphatic hydroxyl groups excluding tert-OH is 1. The van der Waals surface area contributed by atoms with Crippen LogP contribution in [0.4, 0.5) is 26.4 Å². The second-order valence-corrected chi connectivity index (χ2v) is 10.1. The van der Waals surface area contributed by atoms with Crippen LogP contribution in [0.15, 0.2) is 18.3 Å². The van der Waals surface area contributed by atoms with Crippen LogP contribution in [0.3, 0.4) is 0 Å². The van der Waals surface area contributed by atoms with E-state index in [-0.39, 0.29) is 40.7 Å². The lowest BCUT2D eigenvalue weighted by Crippen LogP contribution is -2.30. The summed E-state index contributed by atoms with van der Waals surface area (Å²) in [6.45, 7) is 0. The Morgan fingerprint density at radius 1 is 1.14 bits per heavy atom. The third-order valence-electron chi connectivity index (χ3n) is 7.12. The zero-order chi connectivity index (χ0) is 25.4. The molecule has 36 heavy (non-hydrogen) atoms. The van der Waals surface area contributed by atoms with Gasteiger partial charge in [-0.15, -0.1) is 0 Å². The van der Waals surface area contributed by atoms with Crippen molar-refractivity contribution in [2.45, 2.75) is 69.6 Å². The number of carbonyl (C=O) groups is 1. The summed E-state index contributed by atoms with van der Waals surface area (Å²) in [5.41, 5.74) is 6.44. The van der Waals surface area contributed by atoms with E-state index in [0.717, 1.165) is 31.4 Å². The Balaban J connectivity index is 1.51. The van der Waals surface area contributed by atoms with Crippen molar-refractivity contribution in [3.05, 3.63) is 35.0 Å². The number of amides is 1. The predicted octanol–water partition coefficient (Wildman–Crippen LogP) is 4.43. The molecule has 192 valence electrons. The van der Waals surface area contributed by atoms with E-state index >= 15 is 0 Å². The van der Waals surface area contributed by atoms with Gasteiger partial charge in [-0.25, -0.2) is 18.7 Å². The van der Waals surface area contributed by atoms with Gasteiger partial charge in [0.2, 0.25) is 17.8 Å². The molecule has 0 radical (unpaired) electrons. The van der Waals surface area contributed by atoms with Crippen molar-refractivity contribution in [1.29, 1.82) is 0 Å². The molecule has 0 saturated heterocycles. The molecule has 2 heterocycles. The molecule has 5 N–H and O–H groups in total. The van der Waals surface area contributed by atoms with Gasteiger partial charge in [0.25, 0.3) is 0 Å². The molecular formula is C24H28ClF2N7O2. The molecule has 2 aliphatic rings. The molecule has 12 heteroatoms. The lowest BCUT2D eigenvalue weighted by molar-refractivity contribution is -0.122. The Morgan fingerprint density at radius 3 is 2.61 bits per heavy atom. The van der Waals surface area contributed by atoms with Crippen LogP contribution in [-0.4, -0.2) is 42.7 Å². The average molecular weight is 520 g/mol. The van der Waals surface area contributed by atoms with Crippen molar-refractivity contribution in [3.8, 4) is 0 Å². The average Bonchev–Trinajstić information content (AvgIpc) is 3.18. The Bertz CT molecular complexity index is 1260. The van der Waals surface area contributed by atoms with Gasteiger partial charge in [0.05, 0.1) is 23.0 Å². The maximum atomic E-state index is 14.6. The summed E-state index contributed by atoms with van der Waals surface area (Å²) < 4.78 is 30.1. The lowest BCUT2D eigenvalue weighted by atomic mass is 9.85. The van der Waals surface area contributed by atoms with Crippen LogP contribution in [0.5, 0.6) is 0 Å². The van der Waals surface area contributed by atoms with Gasteiger partial charge in [0.1, 0.15) is 11.3 Å². The Hall–Kier alpha value is -3.05. The molecule has 2 atom stereocenters. The van der Waals surface area contributed by atoms with Gasteiger partial charge in [-0.2, -0.15) is 4.98 Å². The Kier molecular flexibility index (Phi) is 6.94. The van der Waals surface area contributed by atoms with E-state index < -0.39 is 11.6 Å². The van der Waals surface area contributed by atoms with Crippen LogP contribution in [0.25, 0.3) is 11.2 Å². The van der Waals surface area contributed by atoms with E-state index in [9.17, 15) is 18.7 Å². The molecule has 2 aromatic heterocycles. The Labute approximate surface area is 211 Å². The minimum Gasteiger partial charge on any atom is -0.393 e. The number of hydrogen-bond donors (Lipinski definition) is 4. The third kappa shape index (κ3) is 5.08. The van der Waals surface area contributed by atoms with Crippen LogP contribution in [0.1, 0.15) is 57.4 Å². The number of aromatic nitrogens is 4. The number of imidazole rings is 1. The molecule has 0 unspecified atom stereocenters. The van der Waals surface area contributed by atoms with Gasteiger partial charge < -0.3 is 21.5 Å². The zero-order valence-electron chi connectivity index (χ0n) is 19.6. The van der Waals surface area contributed by atoms with Gasteiger partial charge >= 0.3 is 0 Å². The fourth-order valence-corrected chi connectivity index (χ4v) is 5.51. The first kappa shape index (κ1) is 24.6. The monoisotopic (exact) mass is 519 g/mol. The molecule has 2 fully saturated rings. The molecule has 9 nitrogen and oxygen atoms in total. The van der Waals surface area contributed by atoms with E-state index in [0.29, 0.717) is 55.2 Å². The standard InChI is InChI=1S/C24H28ClF2N7O2/c25-17-8-13(26)9-18(27)20(17)32-24-31-19-11-29-23(30-14-2-1-3-16(35)10-14)33-22(19)34(24)15-6-4-12(5-7-15)21(28)36/h8-9,11-12,14-16,35H,1-7,10H2,(H2,28,36)(H,31,32)(H,29,30,33)/t12?,14-,15?,16+/m0/s1. The number of hydrogen-bond acceptors (Lipinski definition) is 7. The van der Waals surface area contributed by atoms with Crippen LogP contribution >= 0.6 is 11.6 Å². The van der Waals surface area contributed by atoms with E-state index in [1.54, 1.807) is 6.20 Å². The van der Waals surface area contributed by atoms with Crippen molar-refractivity contribution in [2.24, 2.45) is 11.7 Å². The number of halogens is 3. The van der Waals surface area contributed by atoms with E-state index in [1.165, 1.54) is 0 Å². The molecule has 1 amide bonds. The number of benzene rings is 1. The number of nitrogens with two attached hydrogens (primary N) is 1. The van der Waals surface area contributed by atoms with Crippen molar-refractivity contribution in [2.75, 3.05) is 10.6 Å². The van der Waals surface area contributed by atoms with Gasteiger partial charge in [-0.3, -0.25) is 9.36 Å². The number of anilines is 3. The predicted molar refractivity (Wildman–Crippen MR) is 132 cm³/mol. The maximum absolute atomic E-state index is 14.6. The minimum atomic E-state index is -0.847. The summed E-state index contributed by atoms with van der Waals surface area (Å²) in [6, 6.07) is 1.74. The topological polar surface area (TPSA) is 131 Å². The SMILES string of the molecule is NC(=O)C1CCC(n2c(Nc3c(F)cc(F)cc3Cl)nc3cnc(N[C@H]4CCC[C@@H](O)C4)nc32)CC1. The highest BCUT2D eigenvalue weighted by Gasteiger charge is 2.30.